The summed E-state index contributed by atoms with van der Waals surface area (Å²) in [6, 6.07) is 8.73. The van der Waals surface area contributed by atoms with Crippen molar-refractivity contribution in [3.8, 4) is 6.07 Å². The molecule has 0 saturated heterocycles. The SMILES string of the molecule is N#CC(C(=O)c1ccc2snnc2c1)C(=O)c1cc2c(s1)CCCC2. The maximum atomic E-state index is 12.8. The summed E-state index contributed by atoms with van der Waals surface area (Å²) in [5, 5.41) is 13.4. The minimum absolute atomic E-state index is 0.321. The number of carbonyl (C=O) groups excluding carboxylic acids is 2. The fourth-order valence-corrected chi connectivity index (χ4v) is 4.85. The van der Waals surface area contributed by atoms with Crippen LogP contribution in [0, 0.1) is 17.2 Å². The molecule has 0 amide bonds. The van der Waals surface area contributed by atoms with Gasteiger partial charge in [0.05, 0.1) is 15.6 Å². The average molecular weight is 367 g/mol. The standard InChI is InChI=1S/C18H13N3O2S2/c19-9-12(17(22)11-5-6-15-13(7-11)20-21-25-15)18(23)16-8-10-3-1-2-4-14(10)24-16/h5-8,12H,1-4H2. The zero-order valence-corrected chi connectivity index (χ0v) is 14.8. The smallest absolute Gasteiger partial charge is 0.197 e. The first-order chi connectivity index (χ1) is 12.2. The zero-order chi connectivity index (χ0) is 17.4. The number of hydrogen-bond acceptors (Lipinski definition) is 7. The van der Waals surface area contributed by atoms with Crippen molar-refractivity contribution in [2.24, 2.45) is 5.92 Å². The van der Waals surface area contributed by atoms with Gasteiger partial charge in [-0.25, -0.2) is 0 Å². The molecule has 0 aliphatic heterocycles. The van der Waals surface area contributed by atoms with Crippen LogP contribution >= 0.6 is 22.9 Å². The summed E-state index contributed by atoms with van der Waals surface area (Å²) >= 11 is 2.67. The lowest BCUT2D eigenvalue weighted by molar-refractivity contribution is 0.0848. The van der Waals surface area contributed by atoms with Gasteiger partial charge in [-0.2, -0.15) is 5.26 Å². The lowest BCUT2D eigenvalue weighted by Crippen LogP contribution is -2.22. The molecule has 1 atom stereocenters. The Morgan fingerprint density at radius 2 is 2.00 bits per heavy atom. The number of benzene rings is 1. The largest absolute Gasteiger partial charge is 0.292 e. The molecule has 7 heteroatoms. The van der Waals surface area contributed by atoms with Gasteiger partial charge in [-0.05, 0) is 67.0 Å². The summed E-state index contributed by atoms with van der Waals surface area (Å²) in [5.41, 5.74) is 2.12. The van der Waals surface area contributed by atoms with Gasteiger partial charge in [0.25, 0.3) is 0 Å². The van der Waals surface area contributed by atoms with Crippen LogP contribution in [0.1, 0.15) is 43.3 Å². The number of nitriles is 1. The highest BCUT2D eigenvalue weighted by atomic mass is 32.1. The highest BCUT2D eigenvalue weighted by Crippen LogP contribution is 2.31. The van der Waals surface area contributed by atoms with E-state index in [0.29, 0.717) is 16.0 Å². The Hall–Kier alpha value is -2.43. The molecule has 1 aliphatic carbocycles. The summed E-state index contributed by atoms with van der Waals surface area (Å²) in [5.74, 6) is -2.19. The molecular formula is C18H13N3O2S2. The van der Waals surface area contributed by atoms with Gasteiger partial charge in [0.2, 0.25) is 0 Å². The lowest BCUT2D eigenvalue weighted by Gasteiger charge is -2.08. The minimum atomic E-state index is -1.32. The van der Waals surface area contributed by atoms with E-state index in [-0.39, 0.29) is 0 Å². The van der Waals surface area contributed by atoms with Crippen molar-refractivity contribution >= 4 is 44.7 Å². The molecule has 0 fully saturated rings. The van der Waals surface area contributed by atoms with Gasteiger partial charge in [0, 0.05) is 10.4 Å². The predicted molar refractivity (Wildman–Crippen MR) is 96.1 cm³/mol. The number of thiophene rings is 1. The number of aryl methyl sites for hydroxylation is 2. The van der Waals surface area contributed by atoms with E-state index in [1.165, 1.54) is 33.3 Å². The number of ketones is 2. The molecular weight excluding hydrogens is 354 g/mol. The molecule has 1 unspecified atom stereocenters. The van der Waals surface area contributed by atoms with Gasteiger partial charge >= 0.3 is 0 Å². The van der Waals surface area contributed by atoms with E-state index in [0.717, 1.165) is 30.4 Å². The monoisotopic (exact) mass is 367 g/mol. The van der Waals surface area contributed by atoms with Gasteiger partial charge in [0.1, 0.15) is 5.52 Å². The maximum absolute atomic E-state index is 12.8. The third-order valence-electron chi connectivity index (χ3n) is 4.42. The van der Waals surface area contributed by atoms with Gasteiger partial charge in [-0.3, -0.25) is 9.59 Å². The van der Waals surface area contributed by atoms with Crippen LogP contribution in [0.3, 0.4) is 0 Å². The van der Waals surface area contributed by atoms with E-state index >= 15 is 0 Å². The molecule has 124 valence electrons. The summed E-state index contributed by atoms with van der Waals surface area (Å²) in [7, 11) is 0. The molecule has 2 heterocycles. The van der Waals surface area contributed by atoms with Gasteiger partial charge < -0.3 is 0 Å². The van der Waals surface area contributed by atoms with Crippen molar-refractivity contribution in [2.45, 2.75) is 25.7 Å². The van der Waals surface area contributed by atoms with Crippen molar-refractivity contribution in [1.82, 2.24) is 9.59 Å². The van der Waals surface area contributed by atoms with Crippen LogP contribution in [0.4, 0.5) is 0 Å². The Balaban J connectivity index is 1.64. The van der Waals surface area contributed by atoms with E-state index in [2.05, 4.69) is 9.59 Å². The topological polar surface area (TPSA) is 83.7 Å². The molecule has 25 heavy (non-hydrogen) atoms. The number of nitrogens with zero attached hydrogens (tertiary/aromatic N) is 3. The van der Waals surface area contributed by atoms with E-state index in [4.69, 9.17) is 0 Å². The number of rotatable bonds is 4. The van der Waals surface area contributed by atoms with E-state index in [1.807, 2.05) is 12.1 Å². The molecule has 0 N–H and O–H groups in total. The molecule has 0 spiro atoms. The fraction of sp³-hybridized carbons (Fsp3) is 0.278. The van der Waals surface area contributed by atoms with Crippen LogP contribution in [0.5, 0.6) is 0 Å². The van der Waals surface area contributed by atoms with Crippen molar-refractivity contribution in [1.29, 1.82) is 5.26 Å². The van der Waals surface area contributed by atoms with Crippen LogP contribution in [0.25, 0.3) is 10.2 Å². The van der Waals surface area contributed by atoms with Crippen LogP contribution in [0.2, 0.25) is 0 Å². The van der Waals surface area contributed by atoms with Gasteiger partial charge in [-0.1, -0.05) is 4.49 Å². The summed E-state index contributed by atoms with van der Waals surface area (Å²) < 4.78 is 4.70. The molecule has 0 saturated carbocycles. The van der Waals surface area contributed by atoms with Crippen molar-refractivity contribution in [3.63, 3.8) is 0 Å². The normalized spacial score (nSPS) is 14.7. The molecule has 0 bridgehead atoms. The number of carbonyl (C=O) groups is 2. The van der Waals surface area contributed by atoms with Crippen molar-refractivity contribution < 1.29 is 9.59 Å². The fourth-order valence-electron chi connectivity index (χ4n) is 3.09. The Kier molecular flexibility index (Phi) is 4.15. The van der Waals surface area contributed by atoms with E-state index in [1.54, 1.807) is 18.2 Å². The van der Waals surface area contributed by atoms with Crippen molar-refractivity contribution in [3.05, 3.63) is 45.1 Å². The molecule has 1 aliphatic rings. The Labute approximate surface area is 152 Å². The first-order valence-electron chi connectivity index (χ1n) is 7.99. The number of fused-ring (bicyclic) bond motifs is 2. The van der Waals surface area contributed by atoms with E-state index in [9.17, 15) is 14.9 Å². The summed E-state index contributed by atoms with van der Waals surface area (Å²) in [4.78, 5) is 27.2. The first kappa shape index (κ1) is 16.1. The third-order valence-corrected chi connectivity index (χ3v) is 6.38. The molecule has 5 nitrogen and oxygen atoms in total. The maximum Gasteiger partial charge on any atom is 0.197 e. The second-order valence-electron chi connectivity index (χ2n) is 6.01. The Morgan fingerprint density at radius 3 is 2.80 bits per heavy atom. The summed E-state index contributed by atoms with van der Waals surface area (Å²) in [6.45, 7) is 0. The predicted octanol–water partition coefficient (Wildman–Crippen LogP) is 3.84. The molecule has 3 aromatic rings. The minimum Gasteiger partial charge on any atom is -0.292 e. The first-order valence-corrected chi connectivity index (χ1v) is 9.58. The number of aromatic nitrogens is 2. The number of hydrogen-bond donors (Lipinski definition) is 0. The molecule has 1 aromatic carbocycles. The van der Waals surface area contributed by atoms with Gasteiger partial charge in [0.15, 0.2) is 17.5 Å². The lowest BCUT2D eigenvalue weighted by atomic mass is 9.93. The van der Waals surface area contributed by atoms with Gasteiger partial charge in [-0.15, -0.1) is 16.4 Å². The Bertz CT molecular complexity index is 1010. The molecule has 4 rings (SSSR count). The highest BCUT2D eigenvalue weighted by Gasteiger charge is 2.31. The second kappa shape index (κ2) is 6.47. The average Bonchev–Trinajstić information content (AvgIpc) is 3.27. The van der Waals surface area contributed by atoms with Crippen LogP contribution in [-0.2, 0) is 12.8 Å². The second-order valence-corrected chi connectivity index (χ2v) is 7.93. The molecule has 2 aromatic heterocycles. The molecule has 0 radical (unpaired) electrons. The summed E-state index contributed by atoms with van der Waals surface area (Å²) in [6.07, 6.45) is 4.20. The van der Waals surface area contributed by atoms with Crippen LogP contribution in [0.15, 0.2) is 24.3 Å². The zero-order valence-electron chi connectivity index (χ0n) is 13.2. The highest BCUT2D eigenvalue weighted by molar-refractivity contribution is 7.14. The van der Waals surface area contributed by atoms with Crippen LogP contribution < -0.4 is 0 Å². The Morgan fingerprint density at radius 1 is 1.16 bits per heavy atom. The van der Waals surface area contributed by atoms with Crippen molar-refractivity contribution in [2.75, 3.05) is 0 Å². The van der Waals surface area contributed by atoms with Crippen LogP contribution in [-0.4, -0.2) is 21.2 Å². The van der Waals surface area contributed by atoms with E-state index < -0.39 is 17.5 Å². The number of Topliss-reactive ketones (excluding diaryl/α,β-unsaturated/α-hetero) is 2. The quantitative estimate of drug-likeness (QED) is 0.517. The third kappa shape index (κ3) is 2.88.